The van der Waals surface area contributed by atoms with Crippen molar-refractivity contribution in [2.75, 3.05) is 11.9 Å². The van der Waals surface area contributed by atoms with Crippen LogP contribution in [-0.4, -0.2) is 12.5 Å². The Balaban J connectivity index is 1.82. The summed E-state index contributed by atoms with van der Waals surface area (Å²) in [6.45, 7) is 2.41. The number of anilines is 1. The molecule has 0 aromatic heterocycles. The standard InChI is InChI=1S/C26H19Cl2N3O3/c1-2-33-24-13-17(10-11-23(24)34-16-19-7-4-3-6-18(19)14-29)12-20(15-30)26(32)31-22-9-5-8-21(27)25(22)28/h3-13H,2,16H2,1H3,(H,31,32)/b20-12-. The van der Waals surface area contributed by atoms with Gasteiger partial charge in [-0.05, 0) is 48.9 Å². The number of benzene rings is 3. The van der Waals surface area contributed by atoms with Gasteiger partial charge in [0.15, 0.2) is 11.5 Å². The second-order valence-electron chi connectivity index (χ2n) is 6.92. The van der Waals surface area contributed by atoms with Gasteiger partial charge in [0, 0.05) is 5.56 Å². The SMILES string of the molecule is CCOc1cc(/C=C(/C#N)C(=O)Nc2cccc(Cl)c2Cl)ccc1OCc1ccccc1C#N. The third-order valence-corrected chi connectivity index (χ3v) is 5.48. The Labute approximate surface area is 207 Å². The predicted molar refractivity (Wildman–Crippen MR) is 132 cm³/mol. The number of ether oxygens (including phenoxy) is 2. The van der Waals surface area contributed by atoms with E-state index >= 15 is 0 Å². The zero-order valence-corrected chi connectivity index (χ0v) is 19.7. The monoisotopic (exact) mass is 491 g/mol. The topological polar surface area (TPSA) is 95.1 Å². The van der Waals surface area contributed by atoms with E-state index in [1.807, 2.05) is 25.1 Å². The lowest BCUT2D eigenvalue weighted by atomic mass is 10.1. The highest BCUT2D eigenvalue weighted by atomic mass is 35.5. The summed E-state index contributed by atoms with van der Waals surface area (Å²) in [7, 11) is 0. The Morgan fingerprint density at radius 3 is 2.56 bits per heavy atom. The minimum Gasteiger partial charge on any atom is -0.490 e. The highest BCUT2D eigenvalue weighted by Gasteiger charge is 2.14. The number of nitriles is 2. The molecule has 1 N–H and O–H groups in total. The molecule has 3 rings (SSSR count). The summed E-state index contributed by atoms with van der Waals surface area (Å²) in [5.41, 5.74) is 2.02. The maximum Gasteiger partial charge on any atom is 0.266 e. The van der Waals surface area contributed by atoms with E-state index in [1.165, 1.54) is 6.08 Å². The second-order valence-corrected chi connectivity index (χ2v) is 7.71. The van der Waals surface area contributed by atoms with Crippen LogP contribution >= 0.6 is 23.2 Å². The first-order valence-corrected chi connectivity index (χ1v) is 11.0. The van der Waals surface area contributed by atoms with Crippen LogP contribution in [0.2, 0.25) is 10.0 Å². The molecule has 0 aliphatic rings. The first-order chi connectivity index (χ1) is 16.5. The van der Waals surface area contributed by atoms with Crippen molar-refractivity contribution in [1.29, 1.82) is 10.5 Å². The summed E-state index contributed by atoms with van der Waals surface area (Å²) >= 11 is 12.1. The minimum absolute atomic E-state index is 0.130. The molecule has 0 spiro atoms. The van der Waals surface area contributed by atoms with E-state index < -0.39 is 5.91 Å². The number of hydrogen-bond donors (Lipinski definition) is 1. The first kappa shape index (κ1) is 24.7. The van der Waals surface area contributed by atoms with Gasteiger partial charge in [-0.1, -0.05) is 53.5 Å². The van der Waals surface area contributed by atoms with Crippen molar-refractivity contribution >= 4 is 40.9 Å². The molecule has 0 unspecified atom stereocenters. The molecule has 0 heterocycles. The van der Waals surface area contributed by atoms with Gasteiger partial charge in [0.1, 0.15) is 18.2 Å². The van der Waals surface area contributed by atoms with Crippen LogP contribution in [-0.2, 0) is 11.4 Å². The Morgan fingerprint density at radius 1 is 1.03 bits per heavy atom. The third-order valence-electron chi connectivity index (χ3n) is 4.66. The van der Waals surface area contributed by atoms with Crippen molar-refractivity contribution in [3.8, 4) is 23.6 Å². The fourth-order valence-electron chi connectivity index (χ4n) is 3.02. The van der Waals surface area contributed by atoms with E-state index in [4.69, 9.17) is 32.7 Å². The molecule has 6 nitrogen and oxygen atoms in total. The summed E-state index contributed by atoms with van der Waals surface area (Å²) in [6.07, 6.45) is 1.44. The molecule has 1 amide bonds. The zero-order valence-electron chi connectivity index (χ0n) is 18.1. The van der Waals surface area contributed by atoms with Crippen molar-refractivity contribution in [1.82, 2.24) is 0 Å². The van der Waals surface area contributed by atoms with Gasteiger partial charge < -0.3 is 14.8 Å². The van der Waals surface area contributed by atoms with E-state index in [-0.39, 0.29) is 22.2 Å². The smallest absolute Gasteiger partial charge is 0.266 e. The van der Waals surface area contributed by atoms with E-state index in [0.29, 0.717) is 34.9 Å². The molecule has 34 heavy (non-hydrogen) atoms. The molecule has 8 heteroatoms. The van der Waals surface area contributed by atoms with Gasteiger partial charge in [0.25, 0.3) is 5.91 Å². The van der Waals surface area contributed by atoms with E-state index in [9.17, 15) is 15.3 Å². The average Bonchev–Trinajstić information content (AvgIpc) is 2.85. The molecular weight excluding hydrogens is 473 g/mol. The molecule has 0 aliphatic carbocycles. The van der Waals surface area contributed by atoms with E-state index in [1.54, 1.807) is 48.5 Å². The molecule has 0 saturated heterocycles. The quantitative estimate of drug-likeness (QED) is 0.291. The summed E-state index contributed by atoms with van der Waals surface area (Å²) < 4.78 is 11.6. The number of carbonyl (C=O) groups excluding carboxylic acids is 1. The van der Waals surface area contributed by atoms with Gasteiger partial charge in [-0.15, -0.1) is 0 Å². The van der Waals surface area contributed by atoms with Crippen molar-refractivity contribution < 1.29 is 14.3 Å². The van der Waals surface area contributed by atoms with Crippen molar-refractivity contribution in [3.63, 3.8) is 0 Å². The van der Waals surface area contributed by atoms with Gasteiger partial charge in [-0.25, -0.2) is 0 Å². The van der Waals surface area contributed by atoms with Crippen molar-refractivity contribution in [2.24, 2.45) is 0 Å². The second kappa shape index (κ2) is 11.8. The number of carbonyl (C=O) groups is 1. The first-order valence-electron chi connectivity index (χ1n) is 10.2. The molecular formula is C26H19Cl2N3O3. The lowest BCUT2D eigenvalue weighted by Crippen LogP contribution is -2.13. The number of hydrogen-bond acceptors (Lipinski definition) is 5. The largest absolute Gasteiger partial charge is 0.490 e. The summed E-state index contributed by atoms with van der Waals surface area (Å²) in [6, 6.07) is 21.1. The van der Waals surface area contributed by atoms with Crippen LogP contribution in [0, 0.1) is 22.7 Å². The highest BCUT2D eigenvalue weighted by molar-refractivity contribution is 6.44. The van der Waals surface area contributed by atoms with Gasteiger partial charge in [-0.2, -0.15) is 10.5 Å². The lowest BCUT2D eigenvalue weighted by molar-refractivity contribution is -0.112. The van der Waals surface area contributed by atoms with Gasteiger partial charge in [0.2, 0.25) is 0 Å². The van der Waals surface area contributed by atoms with Crippen LogP contribution in [0.15, 0.2) is 66.2 Å². The maximum atomic E-state index is 12.6. The van der Waals surface area contributed by atoms with E-state index in [0.717, 1.165) is 5.56 Å². The molecule has 0 radical (unpaired) electrons. The normalized spacial score (nSPS) is 10.7. The highest BCUT2D eigenvalue weighted by Crippen LogP contribution is 2.32. The Morgan fingerprint density at radius 2 is 1.82 bits per heavy atom. The summed E-state index contributed by atoms with van der Waals surface area (Å²) in [5, 5.41) is 21.9. The molecule has 3 aromatic carbocycles. The average molecular weight is 492 g/mol. The minimum atomic E-state index is -0.627. The Hall–Kier alpha value is -3.97. The predicted octanol–water partition coefficient (Wildman–Crippen LogP) is 6.39. The fourth-order valence-corrected chi connectivity index (χ4v) is 3.37. The fraction of sp³-hybridized carbons (Fsp3) is 0.115. The number of nitrogens with one attached hydrogen (secondary N) is 1. The van der Waals surface area contributed by atoms with Gasteiger partial charge in [0.05, 0.1) is 34.0 Å². The van der Waals surface area contributed by atoms with Crippen LogP contribution in [0.5, 0.6) is 11.5 Å². The van der Waals surface area contributed by atoms with Crippen molar-refractivity contribution in [3.05, 3.63) is 93.0 Å². The van der Waals surface area contributed by atoms with Crippen LogP contribution in [0.4, 0.5) is 5.69 Å². The molecule has 0 aliphatic heterocycles. The maximum absolute atomic E-state index is 12.6. The molecule has 0 atom stereocenters. The van der Waals surface area contributed by atoms with Crippen LogP contribution in [0.3, 0.4) is 0 Å². The Bertz CT molecular complexity index is 1320. The van der Waals surface area contributed by atoms with Crippen LogP contribution in [0.25, 0.3) is 6.08 Å². The number of amides is 1. The Kier molecular flexibility index (Phi) is 8.54. The lowest BCUT2D eigenvalue weighted by Gasteiger charge is -2.13. The number of rotatable bonds is 8. The summed E-state index contributed by atoms with van der Waals surface area (Å²) in [4.78, 5) is 12.6. The molecule has 0 fully saturated rings. The molecule has 0 bridgehead atoms. The van der Waals surface area contributed by atoms with E-state index in [2.05, 4.69) is 11.4 Å². The molecule has 170 valence electrons. The zero-order chi connectivity index (χ0) is 24.5. The number of halogens is 2. The molecule has 0 saturated carbocycles. The summed E-state index contributed by atoms with van der Waals surface area (Å²) in [5.74, 6) is 0.291. The number of nitrogens with zero attached hydrogens (tertiary/aromatic N) is 2. The van der Waals surface area contributed by atoms with Crippen molar-refractivity contribution in [2.45, 2.75) is 13.5 Å². The van der Waals surface area contributed by atoms with Crippen LogP contribution < -0.4 is 14.8 Å². The third kappa shape index (κ3) is 6.08. The van der Waals surface area contributed by atoms with Gasteiger partial charge >= 0.3 is 0 Å². The van der Waals surface area contributed by atoms with Gasteiger partial charge in [-0.3, -0.25) is 4.79 Å². The van der Waals surface area contributed by atoms with Crippen LogP contribution in [0.1, 0.15) is 23.6 Å². The molecule has 3 aromatic rings.